The molecule has 3 rings (SSSR count). The Hall–Kier alpha value is -1.67. The van der Waals surface area contributed by atoms with Gasteiger partial charge >= 0.3 is 11.1 Å². The summed E-state index contributed by atoms with van der Waals surface area (Å²) in [5.41, 5.74) is -0.847. The van der Waals surface area contributed by atoms with E-state index in [1.807, 2.05) is 6.92 Å². The predicted octanol–water partition coefficient (Wildman–Crippen LogP) is 1.25. The average Bonchev–Trinajstić information content (AvgIpc) is 3.25. The Balaban J connectivity index is 2.03. The highest BCUT2D eigenvalue weighted by Gasteiger charge is 2.28. The lowest BCUT2D eigenvalue weighted by molar-refractivity contribution is 0.595. The van der Waals surface area contributed by atoms with Crippen LogP contribution in [0, 0.1) is 6.92 Å². The van der Waals surface area contributed by atoms with Crippen molar-refractivity contribution < 1.29 is 0 Å². The molecule has 0 aliphatic heterocycles. The van der Waals surface area contributed by atoms with E-state index in [4.69, 9.17) is 11.6 Å². The van der Waals surface area contributed by atoms with Crippen molar-refractivity contribution in [2.24, 2.45) is 7.05 Å². The second-order valence-corrected chi connectivity index (χ2v) is 6.19. The summed E-state index contributed by atoms with van der Waals surface area (Å²) in [6.07, 6.45) is 2.14. The summed E-state index contributed by atoms with van der Waals surface area (Å²) in [5.74, 6) is 1.09. The normalized spacial score (nSPS) is 14.4. The summed E-state index contributed by atoms with van der Waals surface area (Å²) in [4.78, 5) is 35.1. The third-order valence-electron chi connectivity index (χ3n) is 3.14. The van der Waals surface area contributed by atoms with E-state index in [2.05, 4.69) is 20.1 Å². The van der Waals surface area contributed by atoms with Gasteiger partial charge in [0.2, 0.25) is 0 Å². The van der Waals surface area contributed by atoms with Crippen LogP contribution in [0.1, 0.15) is 30.1 Å². The van der Waals surface area contributed by atoms with E-state index in [-0.39, 0.29) is 0 Å². The number of aryl methyl sites for hydroxylation is 1. The number of nitrogens with one attached hydrogen (secondary N) is 1. The second-order valence-electron chi connectivity index (χ2n) is 4.88. The van der Waals surface area contributed by atoms with E-state index in [1.165, 1.54) is 16.4 Å². The standard InChI is InChI=1S/C12H12ClN5O2S/c1-5-7(13)14-8(6-3-4-6)15-11(5)21-12-16-9(19)10(20)17-18(12)2/h6H,3-4H2,1-2H3,(H,17,20). The molecule has 1 aliphatic carbocycles. The van der Waals surface area contributed by atoms with Gasteiger partial charge in [0.05, 0.1) is 0 Å². The fourth-order valence-electron chi connectivity index (χ4n) is 1.75. The topological polar surface area (TPSA) is 93.5 Å². The Kier molecular flexibility index (Phi) is 3.58. The van der Waals surface area contributed by atoms with Crippen LogP contribution in [-0.4, -0.2) is 24.7 Å². The van der Waals surface area contributed by atoms with Crippen molar-refractivity contribution in [3.05, 3.63) is 37.2 Å². The van der Waals surface area contributed by atoms with Gasteiger partial charge in [0.1, 0.15) is 16.0 Å². The van der Waals surface area contributed by atoms with Crippen LogP contribution in [0.15, 0.2) is 19.8 Å². The minimum absolute atomic E-state index is 0.346. The Labute approximate surface area is 128 Å². The van der Waals surface area contributed by atoms with Gasteiger partial charge in [0.15, 0.2) is 5.16 Å². The molecule has 7 nitrogen and oxygen atoms in total. The molecule has 2 aromatic rings. The van der Waals surface area contributed by atoms with Crippen molar-refractivity contribution in [1.29, 1.82) is 0 Å². The molecule has 0 atom stereocenters. The summed E-state index contributed by atoms with van der Waals surface area (Å²) in [7, 11) is 1.61. The van der Waals surface area contributed by atoms with Crippen molar-refractivity contribution >= 4 is 23.4 Å². The highest BCUT2D eigenvalue weighted by Crippen LogP contribution is 2.40. The maximum Gasteiger partial charge on any atom is 0.339 e. The van der Waals surface area contributed by atoms with Gasteiger partial charge in [-0.1, -0.05) is 11.6 Å². The summed E-state index contributed by atoms with van der Waals surface area (Å²) in [5, 5.41) is 3.80. The lowest BCUT2D eigenvalue weighted by Crippen LogP contribution is -2.33. The van der Waals surface area contributed by atoms with E-state index in [1.54, 1.807) is 7.05 Å². The van der Waals surface area contributed by atoms with Crippen molar-refractivity contribution in [1.82, 2.24) is 24.7 Å². The van der Waals surface area contributed by atoms with Gasteiger partial charge in [-0.25, -0.2) is 9.97 Å². The van der Waals surface area contributed by atoms with Crippen LogP contribution in [0.4, 0.5) is 0 Å². The maximum absolute atomic E-state index is 11.4. The zero-order valence-corrected chi connectivity index (χ0v) is 13.0. The maximum atomic E-state index is 11.4. The number of aromatic amines is 1. The fourth-order valence-corrected chi connectivity index (χ4v) is 2.85. The summed E-state index contributed by atoms with van der Waals surface area (Å²) < 4.78 is 1.39. The van der Waals surface area contributed by atoms with Gasteiger partial charge in [0.25, 0.3) is 0 Å². The monoisotopic (exact) mass is 325 g/mol. The van der Waals surface area contributed by atoms with E-state index in [0.29, 0.717) is 21.3 Å². The number of rotatable bonds is 3. The molecular weight excluding hydrogens is 314 g/mol. The molecule has 1 aliphatic rings. The second kappa shape index (κ2) is 5.27. The molecule has 0 spiro atoms. The predicted molar refractivity (Wildman–Crippen MR) is 78.0 cm³/mol. The third-order valence-corrected chi connectivity index (χ3v) is 4.64. The first kappa shape index (κ1) is 14.3. The zero-order chi connectivity index (χ0) is 15.1. The first-order valence-corrected chi connectivity index (χ1v) is 7.54. The largest absolute Gasteiger partial charge is 0.339 e. The molecule has 1 N–H and O–H groups in total. The van der Waals surface area contributed by atoms with Crippen LogP contribution in [0.5, 0.6) is 0 Å². The minimum Gasteiger partial charge on any atom is -0.265 e. The van der Waals surface area contributed by atoms with Gasteiger partial charge < -0.3 is 0 Å². The molecule has 2 heterocycles. The number of hydrogen-bond acceptors (Lipinski definition) is 6. The molecule has 9 heteroatoms. The molecule has 0 bridgehead atoms. The number of aromatic nitrogens is 5. The third kappa shape index (κ3) is 2.86. The number of hydrogen-bond donors (Lipinski definition) is 1. The lowest BCUT2D eigenvalue weighted by atomic mass is 10.3. The summed E-state index contributed by atoms with van der Waals surface area (Å²) in [6, 6.07) is 0. The molecule has 21 heavy (non-hydrogen) atoms. The lowest BCUT2D eigenvalue weighted by Gasteiger charge is -2.09. The van der Waals surface area contributed by atoms with Crippen LogP contribution in [-0.2, 0) is 7.05 Å². The number of H-pyrrole nitrogens is 1. The van der Waals surface area contributed by atoms with Crippen LogP contribution in [0.25, 0.3) is 0 Å². The van der Waals surface area contributed by atoms with Crippen LogP contribution >= 0.6 is 23.4 Å². The van der Waals surface area contributed by atoms with E-state index >= 15 is 0 Å². The van der Waals surface area contributed by atoms with Gasteiger partial charge in [-0.05, 0) is 31.5 Å². The Morgan fingerprint density at radius 3 is 2.67 bits per heavy atom. The molecular formula is C12H12ClN5O2S. The zero-order valence-electron chi connectivity index (χ0n) is 11.4. The van der Waals surface area contributed by atoms with E-state index in [9.17, 15) is 9.59 Å². The fraction of sp³-hybridized carbons (Fsp3) is 0.417. The molecule has 0 radical (unpaired) electrons. The first-order valence-electron chi connectivity index (χ1n) is 6.35. The van der Waals surface area contributed by atoms with Gasteiger partial charge in [-0.2, -0.15) is 4.98 Å². The Morgan fingerprint density at radius 2 is 2.00 bits per heavy atom. The summed E-state index contributed by atoms with van der Waals surface area (Å²) >= 11 is 7.33. The van der Waals surface area contributed by atoms with Crippen LogP contribution in [0.3, 0.4) is 0 Å². The summed E-state index contributed by atoms with van der Waals surface area (Å²) in [6.45, 7) is 1.81. The number of halogens is 1. The van der Waals surface area contributed by atoms with Crippen molar-refractivity contribution in [2.75, 3.05) is 0 Å². The van der Waals surface area contributed by atoms with Crippen molar-refractivity contribution in [3.63, 3.8) is 0 Å². The molecule has 0 amide bonds. The van der Waals surface area contributed by atoms with Crippen LogP contribution in [0.2, 0.25) is 5.15 Å². The van der Waals surface area contributed by atoms with Crippen molar-refractivity contribution in [3.8, 4) is 0 Å². The highest BCUT2D eigenvalue weighted by atomic mass is 35.5. The molecule has 1 saturated carbocycles. The Bertz CT molecular complexity index is 827. The Morgan fingerprint density at radius 1 is 1.29 bits per heavy atom. The molecule has 0 aromatic carbocycles. The quantitative estimate of drug-likeness (QED) is 0.674. The number of nitrogens with zero attached hydrogens (tertiary/aromatic N) is 4. The molecule has 110 valence electrons. The smallest absolute Gasteiger partial charge is 0.265 e. The average molecular weight is 326 g/mol. The van der Waals surface area contributed by atoms with Gasteiger partial charge in [-0.3, -0.25) is 19.4 Å². The van der Waals surface area contributed by atoms with E-state index in [0.717, 1.165) is 24.2 Å². The molecule has 2 aromatic heterocycles. The highest BCUT2D eigenvalue weighted by molar-refractivity contribution is 7.99. The van der Waals surface area contributed by atoms with E-state index < -0.39 is 11.1 Å². The first-order chi connectivity index (χ1) is 9.95. The minimum atomic E-state index is -0.823. The molecule has 0 unspecified atom stereocenters. The SMILES string of the molecule is Cc1c(Cl)nc(C2CC2)nc1Sc1nc(=O)c(=O)[nH]n1C. The van der Waals surface area contributed by atoms with Gasteiger partial charge in [0, 0.05) is 18.5 Å². The molecule has 1 fully saturated rings. The van der Waals surface area contributed by atoms with Gasteiger partial charge in [-0.15, -0.1) is 0 Å². The van der Waals surface area contributed by atoms with Crippen LogP contribution < -0.4 is 11.1 Å². The molecule has 0 saturated heterocycles. The van der Waals surface area contributed by atoms with Crippen molar-refractivity contribution in [2.45, 2.75) is 35.9 Å².